The third-order valence-electron chi connectivity index (χ3n) is 5.88. The van der Waals surface area contributed by atoms with Gasteiger partial charge in [0.1, 0.15) is 11.4 Å². The molecule has 8 nitrogen and oxygen atoms in total. The molecular formula is C23H25F4N5O3. The minimum Gasteiger partial charge on any atom is -0.350 e. The molecule has 1 aromatic carbocycles. The zero-order chi connectivity index (χ0) is 25.9. The van der Waals surface area contributed by atoms with E-state index in [0.717, 1.165) is 17.0 Å². The molecule has 3 rings (SSSR count). The SMILES string of the molecule is CC(C)C(C)CNC(=O)c1ccc(N2CCCN(C(=O)c3cccc(F)c3C(F)(F)F)C2=O)nn1. The van der Waals surface area contributed by atoms with E-state index in [2.05, 4.69) is 15.5 Å². The standard InChI is InChI=1S/C23H25F4N5O3/c1-13(2)14(3)12-28-20(33)17-8-9-18(30-29-17)31-10-5-11-32(22(31)35)21(34)15-6-4-7-16(24)19(15)23(25,26)27/h4,6-9,13-14H,5,10-12H2,1-3H3,(H,28,33). The van der Waals surface area contributed by atoms with Gasteiger partial charge in [-0.2, -0.15) is 13.2 Å². The molecule has 0 aliphatic carbocycles. The van der Waals surface area contributed by atoms with Crippen LogP contribution in [0.5, 0.6) is 0 Å². The fraction of sp³-hybridized carbons (Fsp3) is 0.435. The van der Waals surface area contributed by atoms with E-state index >= 15 is 0 Å². The van der Waals surface area contributed by atoms with Crippen molar-refractivity contribution in [3.05, 3.63) is 53.0 Å². The number of carbonyl (C=O) groups excluding carboxylic acids is 3. The van der Waals surface area contributed by atoms with Crippen molar-refractivity contribution in [3.63, 3.8) is 0 Å². The molecule has 1 unspecified atom stereocenters. The number of halogens is 4. The van der Waals surface area contributed by atoms with Crippen LogP contribution in [0.2, 0.25) is 0 Å². The zero-order valence-electron chi connectivity index (χ0n) is 19.4. The number of benzene rings is 1. The van der Waals surface area contributed by atoms with Crippen molar-refractivity contribution in [2.45, 2.75) is 33.4 Å². The lowest BCUT2D eigenvalue weighted by molar-refractivity contribution is -0.140. The number of aromatic nitrogens is 2. The molecule has 0 saturated carbocycles. The lowest BCUT2D eigenvalue weighted by Crippen LogP contribution is -2.52. The van der Waals surface area contributed by atoms with Crippen LogP contribution in [0.3, 0.4) is 0 Å². The van der Waals surface area contributed by atoms with Crippen LogP contribution in [-0.4, -0.2) is 52.6 Å². The first-order valence-electron chi connectivity index (χ1n) is 11.0. The molecule has 2 heterocycles. The Hall–Kier alpha value is -3.57. The molecule has 2 aromatic rings. The van der Waals surface area contributed by atoms with E-state index in [0.29, 0.717) is 23.4 Å². The van der Waals surface area contributed by atoms with E-state index in [1.807, 2.05) is 20.8 Å². The molecule has 1 fully saturated rings. The number of nitrogens with one attached hydrogen (secondary N) is 1. The van der Waals surface area contributed by atoms with Crippen molar-refractivity contribution in [1.29, 1.82) is 0 Å². The zero-order valence-corrected chi connectivity index (χ0v) is 19.4. The summed E-state index contributed by atoms with van der Waals surface area (Å²) in [5, 5.41) is 10.5. The molecule has 1 N–H and O–H groups in total. The third-order valence-corrected chi connectivity index (χ3v) is 5.88. The first kappa shape index (κ1) is 26.0. The summed E-state index contributed by atoms with van der Waals surface area (Å²) in [4.78, 5) is 39.8. The predicted octanol–water partition coefficient (Wildman–Crippen LogP) is 4.13. The van der Waals surface area contributed by atoms with Crippen molar-refractivity contribution in [3.8, 4) is 0 Å². The summed E-state index contributed by atoms with van der Waals surface area (Å²) in [5.41, 5.74) is -2.66. The molecule has 0 radical (unpaired) electrons. The molecule has 1 aliphatic heterocycles. The molecule has 12 heteroatoms. The molecule has 188 valence electrons. The minimum atomic E-state index is -5.12. The Balaban J connectivity index is 1.77. The van der Waals surface area contributed by atoms with Gasteiger partial charge in [0.15, 0.2) is 11.5 Å². The summed E-state index contributed by atoms with van der Waals surface area (Å²) in [5.74, 6) is -2.67. The second-order valence-corrected chi connectivity index (χ2v) is 8.61. The van der Waals surface area contributed by atoms with E-state index in [-0.39, 0.29) is 36.9 Å². The smallest absolute Gasteiger partial charge is 0.350 e. The maximum Gasteiger partial charge on any atom is 0.420 e. The number of carbonyl (C=O) groups is 3. The lowest BCUT2D eigenvalue weighted by atomic mass is 9.98. The first-order valence-corrected chi connectivity index (χ1v) is 11.0. The van der Waals surface area contributed by atoms with Gasteiger partial charge in [-0.1, -0.05) is 26.8 Å². The van der Waals surface area contributed by atoms with Crippen molar-refractivity contribution in [2.75, 3.05) is 24.5 Å². The number of hydrogen-bond acceptors (Lipinski definition) is 5. The molecular weight excluding hydrogens is 470 g/mol. The number of alkyl halides is 3. The Morgan fingerprint density at radius 1 is 1.09 bits per heavy atom. The quantitative estimate of drug-likeness (QED) is 0.608. The highest BCUT2D eigenvalue weighted by molar-refractivity contribution is 6.09. The highest BCUT2D eigenvalue weighted by atomic mass is 19.4. The Morgan fingerprint density at radius 3 is 2.40 bits per heavy atom. The first-order chi connectivity index (χ1) is 16.4. The van der Waals surface area contributed by atoms with Gasteiger partial charge in [0.25, 0.3) is 11.8 Å². The van der Waals surface area contributed by atoms with Crippen LogP contribution < -0.4 is 10.2 Å². The largest absolute Gasteiger partial charge is 0.420 e. The predicted molar refractivity (Wildman–Crippen MR) is 118 cm³/mol. The molecule has 1 atom stereocenters. The van der Waals surface area contributed by atoms with Gasteiger partial charge >= 0.3 is 12.2 Å². The van der Waals surface area contributed by atoms with E-state index in [9.17, 15) is 31.9 Å². The van der Waals surface area contributed by atoms with E-state index in [4.69, 9.17) is 0 Å². The number of nitrogens with zero attached hydrogens (tertiary/aromatic N) is 4. The van der Waals surface area contributed by atoms with Crippen LogP contribution in [0, 0.1) is 17.7 Å². The number of anilines is 1. The fourth-order valence-corrected chi connectivity index (χ4v) is 3.43. The third kappa shape index (κ3) is 5.75. The fourth-order valence-electron chi connectivity index (χ4n) is 3.43. The number of amides is 4. The Bertz CT molecular complexity index is 1110. The van der Waals surface area contributed by atoms with Gasteiger partial charge < -0.3 is 5.32 Å². The minimum absolute atomic E-state index is 0.0230. The van der Waals surface area contributed by atoms with E-state index in [1.165, 1.54) is 12.1 Å². The monoisotopic (exact) mass is 495 g/mol. The van der Waals surface area contributed by atoms with Crippen LogP contribution in [0.4, 0.5) is 28.2 Å². The summed E-state index contributed by atoms with van der Waals surface area (Å²) in [6, 6.07) is 4.20. The van der Waals surface area contributed by atoms with Gasteiger partial charge in [-0.25, -0.2) is 9.18 Å². The van der Waals surface area contributed by atoms with Crippen LogP contribution in [0.1, 0.15) is 53.6 Å². The summed E-state index contributed by atoms with van der Waals surface area (Å²) in [7, 11) is 0. The summed E-state index contributed by atoms with van der Waals surface area (Å²) >= 11 is 0. The van der Waals surface area contributed by atoms with Gasteiger partial charge in [0.05, 0.1) is 5.56 Å². The lowest BCUT2D eigenvalue weighted by Gasteiger charge is -2.33. The molecule has 1 aliphatic rings. The van der Waals surface area contributed by atoms with Crippen molar-refractivity contribution in [1.82, 2.24) is 20.4 Å². The number of hydrogen-bond donors (Lipinski definition) is 1. The molecule has 1 aromatic heterocycles. The number of imide groups is 1. The highest BCUT2D eigenvalue weighted by Gasteiger charge is 2.41. The Kier molecular flexibility index (Phi) is 7.71. The highest BCUT2D eigenvalue weighted by Crippen LogP contribution is 2.35. The molecule has 4 amide bonds. The second kappa shape index (κ2) is 10.4. The van der Waals surface area contributed by atoms with Crippen LogP contribution in [-0.2, 0) is 6.18 Å². The van der Waals surface area contributed by atoms with Gasteiger partial charge in [0, 0.05) is 19.6 Å². The molecule has 35 heavy (non-hydrogen) atoms. The van der Waals surface area contributed by atoms with Crippen LogP contribution >= 0.6 is 0 Å². The van der Waals surface area contributed by atoms with Crippen LogP contribution in [0.25, 0.3) is 0 Å². The summed E-state index contributed by atoms with van der Waals surface area (Å²) in [6.45, 7) is 6.49. The van der Waals surface area contributed by atoms with E-state index in [1.54, 1.807) is 0 Å². The second-order valence-electron chi connectivity index (χ2n) is 8.61. The number of rotatable bonds is 6. The Labute approximate surface area is 199 Å². The van der Waals surface area contributed by atoms with Gasteiger partial charge in [0.2, 0.25) is 0 Å². The molecule has 0 spiro atoms. The van der Waals surface area contributed by atoms with Crippen molar-refractivity contribution < 1.29 is 31.9 Å². The maximum absolute atomic E-state index is 13.9. The normalized spacial score (nSPS) is 15.4. The van der Waals surface area contributed by atoms with Crippen molar-refractivity contribution in [2.24, 2.45) is 11.8 Å². The molecule has 0 bridgehead atoms. The van der Waals surface area contributed by atoms with Crippen LogP contribution in [0.15, 0.2) is 30.3 Å². The topological polar surface area (TPSA) is 95.5 Å². The van der Waals surface area contributed by atoms with Gasteiger partial charge in [-0.3, -0.25) is 19.4 Å². The van der Waals surface area contributed by atoms with E-state index < -0.39 is 41.0 Å². The summed E-state index contributed by atoms with van der Waals surface area (Å²) < 4.78 is 54.0. The Morgan fingerprint density at radius 2 is 1.80 bits per heavy atom. The van der Waals surface area contributed by atoms with Gasteiger partial charge in [-0.05, 0) is 42.5 Å². The summed E-state index contributed by atoms with van der Waals surface area (Å²) in [6.07, 6.45) is -4.88. The van der Waals surface area contributed by atoms with Crippen molar-refractivity contribution >= 4 is 23.7 Å². The maximum atomic E-state index is 13.9. The van der Waals surface area contributed by atoms with Gasteiger partial charge in [-0.15, -0.1) is 10.2 Å². The number of urea groups is 1. The average molecular weight is 495 g/mol. The molecule has 1 saturated heterocycles. The average Bonchev–Trinajstić information content (AvgIpc) is 2.81.